The van der Waals surface area contributed by atoms with E-state index in [1.54, 1.807) is 6.92 Å². The van der Waals surface area contributed by atoms with Gasteiger partial charge < -0.3 is 5.11 Å². The Bertz CT molecular complexity index is 172. The average molecular weight is 184 g/mol. The van der Waals surface area contributed by atoms with Gasteiger partial charge in [0.05, 0.1) is 6.04 Å². The van der Waals surface area contributed by atoms with Crippen LogP contribution in [0.1, 0.15) is 52.4 Å². The lowest BCUT2D eigenvalue weighted by Crippen LogP contribution is -2.20. The fraction of sp³-hybridized carbons (Fsp3) is 1.00. The van der Waals surface area contributed by atoms with Gasteiger partial charge in [-0.25, -0.2) is 0 Å². The van der Waals surface area contributed by atoms with Gasteiger partial charge in [0.2, 0.25) is 0 Å². The van der Waals surface area contributed by atoms with E-state index in [-0.39, 0.29) is 0 Å². The van der Waals surface area contributed by atoms with E-state index in [1.165, 1.54) is 19.3 Å². The summed E-state index contributed by atoms with van der Waals surface area (Å²) in [5.41, 5.74) is -0.947. The maximum Gasteiger partial charge on any atom is 0.172 e. The second-order valence-electron chi connectivity index (χ2n) is 4.08. The van der Waals surface area contributed by atoms with Crippen LogP contribution in [0.15, 0.2) is 10.2 Å². The molecule has 1 saturated carbocycles. The van der Waals surface area contributed by atoms with Gasteiger partial charge in [-0.2, -0.15) is 10.2 Å². The molecule has 0 heterocycles. The molecule has 1 atom stereocenters. The van der Waals surface area contributed by atoms with Crippen molar-refractivity contribution < 1.29 is 5.11 Å². The van der Waals surface area contributed by atoms with E-state index in [0.29, 0.717) is 12.5 Å². The Kier molecular flexibility index (Phi) is 3.85. The number of aliphatic hydroxyl groups is 1. The molecular formula is C10H20N2O. The van der Waals surface area contributed by atoms with Crippen molar-refractivity contribution in [3.8, 4) is 0 Å². The molecule has 0 saturated heterocycles. The predicted molar refractivity (Wildman–Crippen MR) is 52.6 cm³/mol. The van der Waals surface area contributed by atoms with Crippen LogP contribution in [0.5, 0.6) is 0 Å². The summed E-state index contributed by atoms with van der Waals surface area (Å²) in [4.78, 5) is 0. The molecule has 0 aromatic rings. The third-order valence-electron chi connectivity index (χ3n) is 2.68. The first-order valence-electron chi connectivity index (χ1n) is 5.28. The van der Waals surface area contributed by atoms with Crippen molar-refractivity contribution in [1.82, 2.24) is 0 Å². The lowest BCUT2D eigenvalue weighted by Gasteiger charge is -2.19. The van der Waals surface area contributed by atoms with Crippen molar-refractivity contribution in [2.75, 3.05) is 0 Å². The fourth-order valence-electron chi connectivity index (χ4n) is 1.47. The van der Waals surface area contributed by atoms with Crippen LogP contribution in [0.2, 0.25) is 0 Å². The van der Waals surface area contributed by atoms with Gasteiger partial charge in [-0.3, -0.25) is 0 Å². The molecule has 1 aliphatic carbocycles. The SMILES string of the molecule is CCC(C)(O)N=NC1CCCCC1. The van der Waals surface area contributed by atoms with Crippen LogP contribution in [0.25, 0.3) is 0 Å². The minimum atomic E-state index is -0.947. The van der Waals surface area contributed by atoms with E-state index in [2.05, 4.69) is 10.2 Å². The monoisotopic (exact) mass is 184 g/mol. The summed E-state index contributed by atoms with van der Waals surface area (Å²) in [7, 11) is 0. The van der Waals surface area contributed by atoms with Crippen LogP contribution in [-0.2, 0) is 0 Å². The van der Waals surface area contributed by atoms with Gasteiger partial charge >= 0.3 is 0 Å². The van der Waals surface area contributed by atoms with E-state index >= 15 is 0 Å². The Morgan fingerprint density at radius 2 is 1.92 bits per heavy atom. The number of azo groups is 1. The maximum absolute atomic E-state index is 9.59. The second-order valence-corrected chi connectivity index (χ2v) is 4.08. The van der Waals surface area contributed by atoms with Crippen LogP contribution in [0.4, 0.5) is 0 Å². The molecule has 1 fully saturated rings. The standard InChI is InChI=1S/C10H20N2O/c1-3-10(2,13)12-11-9-7-5-4-6-8-9/h9,13H,3-8H2,1-2H3. The van der Waals surface area contributed by atoms with Gasteiger partial charge in [0.15, 0.2) is 5.72 Å². The minimum Gasteiger partial charge on any atom is -0.368 e. The van der Waals surface area contributed by atoms with Crippen LogP contribution in [0, 0.1) is 0 Å². The topological polar surface area (TPSA) is 45.0 Å². The molecule has 0 spiro atoms. The molecule has 1 rings (SSSR count). The Balaban J connectivity index is 2.37. The molecule has 1 N–H and O–H groups in total. The summed E-state index contributed by atoms with van der Waals surface area (Å²) < 4.78 is 0. The predicted octanol–water partition coefficient (Wildman–Crippen LogP) is 2.89. The summed E-state index contributed by atoms with van der Waals surface area (Å²) in [5.74, 6) is 0. The van der Waals surface area contributed by atoms with E-state index in [1.807, 2.05) is 6.92 Å². The van der Waals surface area contributed by atoms with Crippen molar-refractivity contribution in [2.24, 2.45) is 10.2 Å². The third-order valence-corrected chi connectivity index (χ3v) is 2.68. The highest BCUT2D eigenvalue weighted by Crippen LogP contribution is 2.22. The number of hydrogen-bond donors (Lipinski definition) is 1. The van der Waals surface area contributed by atoms with Gasteiger partial charge in [0.25, 0.3) is 0 Å². The quantitative estimate of drug-likeness (QED) is 0.673. The summed E-state index contributed by atoms with van der Waals surface area (Å²) in [5, 5.41) is 17.8. The van der Waals surface area contributed by atoms with Gasteiger partial charge in [-0.05, 0) is 26.2 Å². The molecule has 0 amide bonds. The van der Waals surface area contributed by atoms with Gasteiger partial charge in [0.1, 0.15) is 0 Å². The zero-order valence-corrected chi connectivity index (χ0v) is 8.66. The smallest absolute Gasteiger partial charge is 0.172 e. The normalized spacial score (nSPS) is 24.8. The molecule has 0 aliphatic heterocycles. The van der Waals surface area contributed by atoms with Crippen molar-refractivity contribution in [3.05, 3.63) is 0 Å². The average Bonchev–Trinajstić information content (AvgIpc) is 2.17. The van der Waals surface area contributed by atoms with Crippen LogP contribution >= 0.6 is 0 Å². The van der Waals surface area contributed by atoms with Crippen molar-refractivity contribution >= 4 is 0 Å². The fourth-order valence-corrected chi connectivity index (χ4v) is 1.47. The van der Waals surface area contributed by atoms with Crippen LogP contribution in [-0.4, -0.2) is 16.9 Å². The molecule has 0 aromatic heterocycles. The molecule has 76 valence electrons. The number of rotatable bonds is 3. The minimum absolute atomic E-state index is 0.367. The molecule has 0 radical (unpaired) electrons. The van der Waals surface area contributed by atoms with Crippen LogP contribution < -0.4 is 0 Å². The van der Waals surface area contributed by atoms with E-state index < -0.39 is 5.72 Å². The molecule has 0 bridgehead atoms. The first-order chi connectivity index (χ1) is 6.14. The molecule has 3 heteroatoms. The molecule has 0 aromatic carbocycles. The Morgan fingerprint density at radius 3 is 2.46 bits per heavy atom. The molecule has 1 unspecified atom stereocenters. The van der Waals surface area contributed by atoms with E-state index in [0.717, 1.165) is 12.8 Å². The first-order valence-corrected chi connectivity index (χ1v) is 5.28. The summed E-state index contributed by atoms with van der Waals surface area (Å²) in [6.45, 7) is 3.62. The molecule has 1 aliphatic rings. The van der Waals surface area contributed by atoms with Gasteiger partial charge in [-0.1, -0.05) is 26.2 Å². The van der Waals surface area contributed by atoms with Gasteiger partial charge in [0, 0.05) is 0 Å². The lowest BCUT2D eigenvalue weighted by molar-refractivity contribution is 0.0554. The zero-order chi connectivity index (χ0) is 9.73. The van der Waals surface area contributed by atoms with Crippen LogP contribution in [0.3, 0.4) is 0 Å². The summed E-state index contributed by atoms with van der Waals surface area (Å²) in [6.07, 6.45) is 6.77. The Labute approximate surface area is 80.3 Å². The second kappa shape index (κ2) is 4.70. The molecule has 3 nitrogen and oxygen atoms in total. The van der Waals surface area contributed by atoms with Crippen molar-refractivity contribution in [1.29, 1.82) is 0 Å². The molecule has 13 heavy (non-hydrogen) atoms. The highest BCUT2D eigenvalue weighted by Gasteiger charge is 2.17. The summed E-state index contributed by atoms with van der Waals surface area (Å²) >= 11 is 0. The summed E-state index contributed by atoms with van der Waals surface area (Å²) in [6, 6.07) is 0.367. The highest BCUT2D eigenvalue weighted by atomic mass is 16.3. The zero-order valence-electron chi connectivity index (χ0n) is 8.66. The Morgan fingerprint density at radius 1 is 1.31 bits per heavy atom. The maximum atomic E-state index is 9.59. The highest BCUT2D eigenvalue weighted by molar-refractivity contribution is 4.72. The van der Waals surface area contributed by atoms with E-state index in [9.17, 15) is 5.11 Å². The number of nitrogens with zero attached hydrogens (tertiary/aromatic N) is 2. The van der Waals surface area contributed by atoms with Crippen molar-refractivity contribution in [2.45, 2.75) is 64.1 Å². The number of hydrogen-bond acceptors (Lipinski definition) is 3. The largest absolute Gasteiger partial charge is 0.368 e. The molecular weight excluding hydrogens is 164 g/mol. The van der Waals surface area contributed by atoms with E-state index in [4.69, 9.17) is 0 Å². The first kappa shape index (κ1) is 10.6. The van der Waals surface area contributed by atoms with Gasteiger partial charge in [-0.15, -0.1) is 0 Å². The third kappa shape index (κ3) is 3.85. The Hall–Kier alpha value is -0.440. The lowest BCUT2D eigenvalue weighted by atomic mass is 9.96. The van der Waals surface area contributed by atoms with Crippen molar-refractivity contribution in [3.63, 3.8) is 0 Å².